The van der Waals surface area contributed by atoms with Gasteiger partial charge in [-0.2, -0.15) is 0 Å². The number of nitrogens with zero attached hydrogens (tertiary/aromatic N) is 1. The topological polar surface area (TPSA) is 55.6 Å². The normalized spacial score (nSPS) is 17.9. The second kappa shape index (κ2) is 6.94. The fourth-order valence-corrected chi connectivity index (χ4v) is 2.64. The molecule has 1 amide bonds. The maximum Gasteiger partial charge on any atom is 0.267 e. The van der Waals surface area contributed by atoms with E-state index in [0.717, 1.165) is 43.8 Å². The van der Waals surface area contributed by atoms with Crippen molar-refractivity contribution in [1.82, 2.24) is 0 Å². The molecule has 0 saturated carbocycles. The summed E-state index contributed by atoms with van der Waals surface area (Å²) in [6.45, 7) is 7.51. The van der Waals surface area contributed by atoms with Crippen LogP contribution >= 0.6 is 0 Å². The van der Waals surface area contributed by atoms with E-state index in [0.29, 0.717) is 5.92 Å². The Bertz CT molecular complexity index is 500. The minimum atomic E-state index is -0.403. The van der Waals surface area contributed by atoms with Gasteiger partial charge in [-0.25, -0.2) is 0 Å². The van der Waals surface area contributed by atoms with Gasteiger partial charge in [0, 0.05) is 6.54 Å². The van der Waals surface area contributed by atoms with Crippen LogP contribution in [0.25, 0.3) is 0 Å². The summed E-state index contributed by atoms with van der Waals surface area (Å²) in [4.78, 5) is 14.3. The molecule has 0 aromatic heterocycles. The SMILES string of the molecule is CC(C)CN1C(=O)C(C)Oc2ccc(CCCCN)cc21. The minimum absolute atomic E-state index is 0.0512. The molecule has 1 atom stereocenters. The number of aryl methyl sites for hydroxylation is 1. The Morgan fingerprint density at radius 1 is 1.33 bits per heavy atom. The van der Waals surface area contributed by atoms with Gasteiger partial charge in [-0.15, -0.1) is 0 Å². The van der Waals surface area contributed by atoms with Crippen molar-refractivity contribution in [3.63, 3.8) is 0 Å². The number of benzene rings is 1. The highest BCUT2D eigenvalue weighted by atomic mass is 16.5. The van der Waals surface area contributed by atoms with Gasteiger partial charge in [-0.05, 0) is 56.3 Å². The Morgan fingerprint density at radius 2 is 2.10 bits per heavy atom. The van der Waals surface area contributed by atoms with Gasteiger partial charge >= 0.3 is 0 Å². The Kier molecular flexibility index (Phi) is 5.23. The first-order valence-corrected chi connectivity index (χ1v) is 7.84. The van der Waals surface area contributed by atoms with Crippen molar-refractivity contribution in [3.05, 3.63) is 23.8 Å². The van der Waals surface area contributed by atoms with Crippen LogP contribution in [0.2, 0.25) is 0 Å². The Balaban J connectivity index is 2.25. The zero-order chi connectivity index (χ0) is 15.4. The summed E-state index contributed by atoms with van der Waals surface area (Å²) in [7, 11) is 0. The molecule has 1 unspecified atom stereocenters. The lowest BCUT2D eigenvalue weighted by molar-refractivity contribution is -0.125. The molecule has 21 heavy (non-hydrogen) atoms. The van der Waals surface area contributed by atoms with Gasteiger partial charge in [0.1, 0.15) is 5.75 Å². The number of carbonyl (C=O) groups is 1. The standard InChI is InChI=1S/C17H26N2O2/c1-12(2)11-19-15-10-14(6-4-5-9-18)7-8-16(15)21-13(3)17(19)20/h7-8,10,12-13H,4-6,9,11,18H2,1-3H3. The first-order valence-electron chi connectivity index (χ1n) is 7.84. The van der Waals surface area contributed by atoms with E-state index in [1.54, 1.807) is 0 Å². The number of hydrogen-bond acceptors (Lipinski definition) is 3. The Labute approximate surface area is 127 Å². The van der Waals surface area contributed by atoms with Gasteiger partial charge in [-0.3, -0.25) is 4.79 Å². The fourth-order valence-electron chi connectivity index (χ4n) is 2.64. The summed E-state index contributed by atoms with van der Waals surface area (Å²) in [5.41, 5.74) is 7.69. The predicted octanol–water partition coefficient (Wildman–Crippen LogP) is 2.74. The third-order valence-corrected chi connectivity index (χ3v) is 3.70. The lowest BCUT2D eigenvalue weighted by Gasteiger charge is -2.34. The first kappa shape index (κ1) is 15.8. The van der Waals surface area contributed by atoms with E-state index in [4.69, 9.17) is 10.5 Å². The van der Waals surface area contributed by atoms with E-state index in [1.165, 1.54) is 5.56 Å². The Hall–Kier alpha value is -1.55. The van der Waals surface area contributed by atoms with Crippen molar-refractivity contribution in [3.8, 4) is 5.75 Å². The van der Waals surface area contributed by atoms with E-state index in [9.17, 15) is 4.79 Å². The van der Waals surface area contributed by atoms with Crippen LogP contribution in [0.5, 0.6) is 5.75 Å². The molecule has 0 saturated heterocycles. The molecule has 2 rings (SSSR count). The zero-order valence-electron chi connectivity index (χ0n) is 13.3. The van der Waals surface area contributed by atoms with Crippen molar-refractivity contribution in [2.45, 2.75) is 46.1 Å². The summed E-state index contributed by atoms with van der Waals surface area (Å²) < 4.78 is 5.73. The maximum atomic E-state index is 12.4. The number of anilines is 1. The van der Waals surface area contributed by atoms with Gasteiger partial charge in [0.15, 0.2) is 6.10 Å². The average Bonchev–Trinajstić information content (AvgIpc) is 2.44. The molecule has 2 N–H and O–H groups in total. The van der Waals surface area contributed by atoms with Crippen LogP contribution in [0.4, 0.5) is 5.69 Å². The van der Waals surface area contributed by atoms with Crippen molar-refractivity contribution in [2.75, 3.05) is 18.0 Å². The molecule has 0 spiro atoms. The Morgan fingerprint density at radius 3 is 2.76 bits per heavy atom. The second-order valence-electron chi connectivity index (χ2n) is 6.15. The minimum Gasteiger partial charge on any atom is -0.479 e. The fraction of sp³-hybridized carbons (Fsp3) is 0.588. The van der Waals surface area contributed by atoms with E-state index in [2.05, 4.69) is 26.0 Å². The van der Waals surface area contributed by atoms with E-state index < -0.39 is 6.10 Å². The number of ether oxygens (including phenoxy) is 1. The van der Waals surface area contributed by atoms with Crippen LogP contribution in [-0.2, 0) is 11.2 Å². The largest absolute Gasteiger partial charge is 0.479 e. The molecule has 0 aliphatic carbocycles. The smallest absolute Gasteiger partial charge is 0.267 e. The molecular weight excluding hydrogens is 264 g/mol. The molecule has 0 bridgehead atoms. The van der Waals surface area contributed by atoms with Crippen LogP contribution in [-0.4, -0.2) is 25.1 Å². The lowest BCUT2D eigenvalue weighted by Crippen LogP contribution is -2.46. The average molecular weight is 290 g/mol. The van der Waals surface area contributed by atoms with Gasteiger partial charge in [0.2, 0.25) is 0 Å². The van der Waals surface area contributed by atoms with Gasteiger partial charge in [0.25, 0.3) is 5.91 Å². The van der Waals surface area contributed by atoms with Crippen molar-refractivity contribution >= 4 is 11.6 Å². The molecule has 1 aromatic rings. The number of unbranched alkanes of at least 4 members (excludes halogenated alkanes) is 1. The molecule has 4 nitrogen and oxygen atoms in total. The lowest BCUT2D eigenvalue weighted by atomic mass is 10.0. The van der Waals surface area contributed by atoms with Crippen molar-refractivity contribution < 1.29 is 9.53 Å². The van der Waals surface area contributed by atoms with Gasteiger partial charge in [0.05, 0.1) is 5.69 Å². The van der Waals surface area contributed by atoms with E-state index >= 15 is 0 Å². The van der Waals surface area contributed by atoms with E-state index in [-0.39, 0.29) is 5.91 Å². The molecule has 1 heterocycles. The molecule has 4 heteroatoms. The number of hydrogen-bond donors (Lipinski definition) is 1. The van der Waals surface area contributed by atoms with Crippen molar-refractivity contribution in [1.29, 1.82) is 0 Å². The predicted molar refractivity (Wildman–Crippen MR) is 85.7 cm³/mol. The zero-order valence-corrected chi connectivity index (χ0v) is 13.3. The van der Waals surface area contributed by atoms with Crippen LogP contribution < -0.4 is 15.4 Å². The summed E-state index contributed by atoms with van der Waals surface area (Å²) >= 11 is 0. The first-order chi connectivity index (χ1) is 10.0. The summed E-state index contributed by atoms with van der Waals surface area (Å²) in [6.07, 6.45) is 2.69. The number of carbonyl (C=O) groups excluding carboxylic acids is 1. The second-order valence-corrected chi connectivity index (χ2v) is 6.15. The highest BCUT2D eigenvalue weighted by Gasteiger charge is 2.31. The number of amides is 1. The van der Waals surface area contributed by atoms with Crippen molar-refractivity contribution in [2.24, 2.45) is 11.7 Å². The molecule has 1 aliphatic heterocycles. The highest BCUT2D eigenvalue weighted by molar-refractivity contribution is 5.99. The van der Waals surface area contributed by atoms with Crippen LogP contribution in [0, 0.1) is 5.92 Å². The van der Waals surface area contributed by atoms with Gasteiger partial charge < -0.3 is 15.4 Å². The van der Waals surface area contributed by atoms with Crippen LogP contribution in [0.15, 0.2) is 18.2 Å². The van der Waals surface area contributed by atoms with E-state index in [1.807, 2.05) is 17.9 Å². The summed E-state index contributed by atoms with van der Waals surface area (Å²) in [5.74, 6) is 1.29. The van der Waals surface area contributed by atoms with Crippen LogP contribution in [0.3, 0.4) is 0 Å². The molecule has 1 aliphatic rings. The molecular formula is C17H26N2O2. The number of nitrogens with two attached hydrogens (primary N) is 1. The molecule has 0 fully saturated rings. The third-order valence-electron chi connectivity index (χ3n) is 3.70. The summed E-state index contributed by atoms with van der Waals surface area (Å²) in [5, 5.41) is 0. The van der Waals surface area contributed by atoms with Gasteiger partial charge in [-0.1, -0.05) is 19.9 Å². The maximum absolute atomic E-state index is 12.4. The third kappa shape index (κ3) is 3.76. The molecule has 1 aromatic carbocycles. The quantitative estimate of drug-likeness (QED) is 0.820. The van der Waals surface area contributed by atoms with Crippen LogP contribution in [0.1, 0.15) is 39.2 Å². The highest BCUT2D eigenvalue weighted by Crippen LogP contribution is 2.35. The molecule has 116 valence electrons. The molecule has 0 radical (unpaired) electrons. The number of fused-ring (bicyclic) bond motifs is 1. The number of rotatable bonds is 6. The summed E-state index contributed by atoms with van der Waals surface area (Å²) in [6, 6.07) is 6.17. The monoisotopic (exact) mass is 290 g/mol.